The predicted molar refractivity (Wildman–Crippen MR) is 87.9 cm³/mol. The van der Waals surface area contributed by atoms with Crippen molar-refractivity contribution in [3.8, 4) is 5.75 Å². The summed E-state index contributed by atoms with van der Waals surface area (Å²) >= 11 is 0. The second kappa shape index (κ2) is 8.65. The lowest BCUT2D eigenvalue weighted by atomic mass is 10.0. The average molecular weight is 287 g/mol. The molecule has 2 N–H and O–H groups in total. The van der Waals surface area contributed by atoms with E-state index in [1.165, 1.54) is 16.3 Å². The molecule has 2 aromatic rings. The van der Waals surface area contributed by atoms with Gasteiger partial charge in [-0.15, -0.1) is 0 Å². The molecule has 0 atom stereocenters. The van der Waals surface area contributed by atoms with Gasteiger partial charge in [0, 0.05) is 12.2 Å². The Morgan fingerprint density at radius 3 is 2.67 bits per heavy atom. The van der Waals surface area contributed by atoms with Crippen LogP contribution in [0.3, 0.4) is 0 Å². The fraction of sp³-hybridized carbons (Fsp3) is 0.444. The van der Waals surface area contributed by atoms with Crippen molar-refractivity contribution in [2.24, 2.45) is 5.73 Å². The maximum absolute atomic E-state index is 5.90. The highest BCUT2D eigenvalue weighted by Gasteiger charge is 2.08. The van der Waals surface area contributed by atoms with E-state index in [1.807, 2.05) is 6.07 Å². The lowest BCUT2D eigenvalue weighted by Crippen LogP contribution is -2.10. The van der Waals surface area contributed by atoms with Gasteiger partial charge in [-0.25, -0.2) is 0 Å². The Balaban J connectivity index is 2.03. The molecule has 3 nitrogen and oxygen atoms in total. The summed E-state index contributed by atoms with van der Waals surface area (Å²) in [6, 6.07) is 12.5. The molecule has 3 heteroatoms. The van der Waals surface area contributed by atoms with Crippen LogP contribution in [-0.4, -0.2) is 26.4 Å². The lowest BCUT2D eigenvalue weighted by Gasteiger charge is -2.14. The van der Waals surface area contributed by atoms with Crippen LogP contribution in [0.4, 0.5) is 0 Å². The van der Waals surface area contributed by atoms with Gasteiger partial charge in [-0.3, -0.25) is 0 Å². The molecule has 0 bridgehead atoms. The highest BCUT2D eigenvalue weighted by molar-refractivity contribution is 5.87. The molecule has 0 aliphatic rings. The predicted octanol–water partition coefficient (Wildman–Crippen LogP) is 3.54. The van der Waals surface area contributed by atoms with Crippen molar-refractivity contribution in [1.82, 2.24) is 0 Å². The first kappa shape index (κ1) is 15.8. The third kappa shape index (κ3) is 4.45. The van der Waals surface area contributed by atoms with Crippen molar-refractivity contribution in [3.63, 3.8) is 0 Å². The average Bonchev–Trinajstić information content (AvgIpc) is 2.52. The van der Waals surface area contributed by atoms with Crippen molar-refractivity contribution >= 4 is 10.8 Å². The minimum Gasteiger partial charge on any atom is -0.491 e. The number of benzene rings is 2. The molecule has 0 aliphatic carbocycles. The molecule has 0 radical (unpaired) electrons. The zero-order valence-corrected chi connectivity index (χ0v) is 12.8. The summed E-state index contributed by atoms with van der Waals surface area (Å²) < 4.78 is 11.4. The maximum Gasteiger partial charge on any atom is 0.123 e. The molecule has 2 aromatic carbocycles. The van der Waals surface area contributed by atoms with E-state index >= 15 is 0 Å². The smallest absolute Gasteiger partial charge is 0.123 e. The van der Waals surface area contributed by atoms with Crippen LogP contribution in [-0.2, 0) is 11.2 Å². The van der Waals surface area contributed by atoms with E-state index in [0.29, 0.717) is 19.8 Å². The summed E-state index contributed by atoms with van der Waals surface area (Å²) in [6.45, 7) is 4.81. The number of hydrogen-bond acceptors (Lipinski definition) is 3. The minimum atomic E-state index is 0.583. The molecular formula is C18H25NO2. The summed E-state index contributed by atoms with van der Waals surface area (Å²) in [5, 5.41) is 2.46. The zero-order chi connectivity index (χ0) is 14.9. The number of ether oxygens (including phenoxy) is 2. The topological polar surface area (TPSA) is 44.5 Å². The Kier molecular flexibility index (Phi) is 6.51. The summed E-state index contributed by atoms with van der Waals surface area (Å²) in [5.41, 5.74) is 6.95. The Morgan fingerprint density at radius 1 is 1.00 bits per heavy atom. The van der Waals surface area contributed by atoms with Crippen LogP contribution in [0, 0.1) is 0 Å². The molecule has 114 valence electrons. The normalized spacial score (nSPS) is 11.0. The van der Waals surface area contributed by atoms with Crippen LogP contribution in [0.15, 0.2) is 36.4 Å². The first-order valence-electron chi connectivity index (χ1n) is 7.78. The van der Waals surface area contributed by atoms with E-state index in [2.05, 4.69) is 37.3 Å². The van der Waals surface area contributed by atoms with E-state index < -0.39 is 0 Å². The Hall–Kier alpha value is -1.58. The van der Waals surface area contributed by atoms with E-state index in [0.717, 1.165) is 31.6 Å². The van der Waals surface area contributed by atoms with Gasteiger partial charge in [0.2, 0.25) is 0 Å². The molecule has 0 aliphatic heterocycles. The van der Waals surface area contributed by atoms with Gasteiger partial charge < -0.3 is 15.2 Å². The third-order valence-corrected chi connectivity index (χ3v) is 3.52. The van der Waals surface area contributed by atoms with E-state index in [4.69, 9.17) is 15.2 Å². The van der Waals surface area contributed by atoms with Gasteiger partial charge in [0.25, 0.3) is 0 Å². The van der Waals surface area contributed by atoms with Gasteiger partial charge in [-0.1, -0.05) is 43.7 Å². The van der Waals surface area contributed by atoms with Crippen LogP contribution in [0.1, 0.15) is 25.3 Å². The van der Waals surface area contributed by atoms with Crippen molar-refractivity contribution < 1.29 is 9.47 Å². The summed E-state index contributed by atoms with van der Waals surface area (Å²) in [5.74, 6) is 0.929. The van der Waals surface area contributed by atoms with Gasteiger partial charge in [0.15, 0.2) is 0 Å². The SMILES string of the molecule is CCCCOCCOc1ccc2ccccc2c1CCN. The molecule has 0 unspecified atom stereocenters. The van der Waals surface area contributed by atoms with Crippen LogP contribution >= 0.6 is 0 Å². The van der Waals surface area contributed by atoms with Gasteiger partial charge in [0.05, 0.1) is 6.61 Å². The van der Waals surface area contributed by atoms with Crippen LogP contribution in [0.5, 0.6) is 5.75 Å². The Labute approximate surface area is 127 Å². The fourth-order valence-electron chi connectivity index (χ4n) is 2.41. The minimum absolute atomic E-state index is 0.583. The Bertz CT molecular complexity index is 554. The number of unbranched alkanes of at least 4 members (excludes halogenated alkanes) is 1. The largest absolute Gasteiger partial charge is 0.491 e. The second-order valence-corrected chi connectivity index (χ2v) is 5.12. The quantitative estimate of drug-likeness (QED) is 0.717. The first-order chi connectivity index (χ1) is 10.4. The van der Waals surface area contributed by atoms with Crippen LogP contribution in [0.25, 0.3) is 10.8 Å². The first-order valence-corrected chi connectivity index (χ1v) is 7.78. The third-order valence-electron chi connectivity index (χ3n) is 3.52. The molecule has 0 saturated carbocycles. The summed E-state index contributed by atoms with van der Waals surface area (Å²) in [6.07, 6.45) is 3.09. The summed E-state index contributed by atoms with van der Waals surface area (Å²) in [4.78, 5) is 0. The van der Waals surface area contributed by atoms with Crippen molar-refractivity contribution in [1.29, 1.82) is 0 Å². The number of nitrogens with two attached hydrogens (primary N) is 1. The molecule has 0 amide bonds. The molecule has 0 saturated heterocycles. The second-order valence-electron chi connectivity index (χ2n) is 5.12. The van der Waals surface area contributed by atoms with Crippen LogP contribution < -0.4 is 10.5 Å². The fourth-order valence-corrected chi connectivity index (χ4v) is 2.41. The molecule has 0 heterocycles. The van der Waals surface area contributed by atoms with Crippen LogP contribution in [0.2, 0.25) is 0 Å². The van der Waals surface area contributed by atoms with Gasteiger partial charge in [-0.05, 0) is 36.2 Å². The molecular weight excluding hydrogens is 262 g/mol. The van der Waals surface area contributed by atoms with E-state index in [1.54, 1.807) is 0 Å². The van der Waals surface area contributed by atoms with Crippen molar-refractivity contribution in [3.05, 3.63) is 42.0 Å². The van der Waals surface area contributed by atoms with Crippen molar-refractivity contribution in [2.75, 3.05) is 26.4 Å². The Morgan fingerprint density at radius 2 is 1.86 bits per heavy atom. The molecule has 0 aromatic heterocycles. The van der Waals surface area contributed by atoms with Gasteiger partial charge in [-0.2, -0.15) is 0 Å². The number of hydrogen-bond donors (Lipinski definition) is 1. The number of fused-ring (bicyclic) bond motifs is 1. The van der Waals surface area contributed by atoms with Gasteiger partial charge in [0.1, 0.15) is 12.4 Å². The number of rotatable bonds is 9. The van der Waals surface area contributed by atoms with E-state index in [9.17, 15) is 0 Å². The zero-order valence-electron chi connectivity index (χ0n) is 12.8. The lowest BCUT2D eigenvalue weighted by molar-refractivity contribution is 0.0978. The molecule has 0 fully saturated rings. The monoisotopic (exact) mass is 287 g/mol. The van der Waals surface area contributed by atoms with Gasteiger partial charge >= 0.3 is 0 Å². The molecule has 21 heavy (non-hydrogen) atoms. The van der Waals surface area contributed by atoms with E-state index in [-0.39, 0.29) is 0 Å². The maximum atomic E-state index is 5.90. The molecule has 2 rings (SSSR count). The highest BCUT2D eigenvalue weighted by atomic mass is 16.5. The molecule has 0 spiro atoms. The van der Waals surface area contributed by atoms with Crippen molar-refractivity contribution in [2.45, 2.75) is 26.2 Å². The highest BCUT2D eigenvalue weighted by Crippen LogP contribution is 2.28. The standard InChI is InChI=1S/C18H25NO2/c1-2-3-12-20-13-14-21-18-9-8-15-6-4-5-7-16(15)17(18)10-11-19/h4-9H,2-3,10-14,19H2,1H3. The summed E-state index contributed by atoms with van der Waals surface area (Å²) in [7, 11) is 0.